The average molecular weight is 238 g/mol. The Morgan fingerprint density at radius 1 is 1.53 bits per heavy atom. The minimum Gasteiger partial charge on any atom is -0.381 e. The zero-order valence-electron chi connectivity index (χ0n) is 11.3. The van der Waals surface area contributed by atoms with Crippen LogP contribution in [0.1, 0.15) is 34.1 Å². The number of nitrogens with one attached hydrogen (secondary N) is 1. The first-order valence-electron chi connectivity index (χ1n) is 6.07. The predicted octanol–water partition coefficient (Wildman–Crippen LogP) is 1.71. The zero-order chi connectivity index (χ0) is 13.2. The fraction of sp³-hybridized carbons (Fsp3) is 0.846. The van der Waals surface area contributed by atoms with Crippen molar-refractivity contribution in [1.82, 2.24) is 5.32 Å². The fourth-order valence-corrected chi connectivity index (χ4v) is 2.30. The normalized spacial score (nSPS) is 28.1. The van der Waals surface area contributed by atoms with Crippen molar-refractivity contribution in [1.29, 1.82) is 5.26 Å². The molecule has 96 valence electrons. The Labute approximate surface area is 103 Å². The number of nitrogens with zero attached hydrogens (tertiary/aromatic N) is 1. The van der Waals surface area contributed by atoms with Crippen LogP contribution in [0.4, 0.5) is 0 Å². The van der Waals surface area contributed by atoms with Crippen molar-refractivity contribution in [2.45, 2.75) is 46.3 Å². The van der Waals surface area contributed by atoms with Gasteiger partial charge in [-0.1, -0.05) is 27.7 Å². The molecule has 1 N–H and O–H groups in total. The van der Waals surface area contributed by atoms with Crippen molar-refractivity contribution >= 4 is 5.91 Å². The number of hydrogen-bond donors (Lipinski definition) is 1. The third kappa shape index (κ3) is 2.61. The lowest BCUT2D eigenvalue weighted by atomic mass is 9.64. The molecule has 3 atom stereocenters. The van der Waals surface area contributed by atoms with Crippen LogP contribution >= 0.6 is 0 Å². The Hall–Kier alpha value is -1.08. The smallest absolute Gasteiger partial charge is 0.237 e. The molecule has 0 aromatic heterocycles. The Morgan fingerprint density at radius 2 is 2.12 bits per heavy atom. The van der Waals surface area contributed by atoms with Gasteiger partial charge >= 0.3 is 0 Å². The second kappa shape index (κ2) is 5.05. The molecule has 0 heterocycles. The lowest BCUT2D eigenvalue weighted by molar-refractivity contribution is -0.135. The summed E-state index contributed by atoms with van der Waals surface area (Å²) in [5.74, 6) is -0.677. The molecule has 0 radical (unpaired) electrons. The summed E-state index contributed by atoms with van der Waals surface area (Å²) in [7, 11) is 1.69. The average Bonchev–Trinajstić information content (AvgIpc) is 2.23. The first-order chi connectivity index (χ1) is 7.84. The molecule has 1 aliphatic rings. The van der Waals surface area contributed by atoms with Crippen LogP contribution in [0.15, 0.2) is 0 Å². The van der Waals surface area contributed by atoms with Gasteiger partial charge in [-0.25, -0.2) is 0 Å². The molecule has 4 heteroatoms. The topological polar surface area (TPSA) is 62.1 Å². The third-order valence-corrected chi connectivity index (χ3v) is 3.87. The van der Waals surface area contributed by atoms with Crippen molar-refractivity contribution in [3.63, 3.8) is 0 Å². The molecule has 0 bridgehead atoms. The molecule has 17 heavy (non-hydrogen) atoms. The summed E-state index contributed by atoms with van der Waals surface area (Å²) in [6, 6.07) is 2.17. The molecule has 3 unspecified atom stereocenters. The highest BCUT2D eigenvalue weighted by Crippen LogP contribution is 2.42. The van der Waals surface area contributed by atoms with Gasteiger partial charge in [0.15, 0.2) is 0 Å². The number of amides is 1. The summed E-state index contributed by atoms with van der Waals surface area (Å²) in [4.78, 5) is 11.9. The van der Waals surface area contributed by atoms with Crippen LogP contribution in [0.25, 0.3) is 0 Å². The van der Waals surface area contributed by atoms with Gasteiger partial charge in [0.2, 0.25) is 5.91 Å². The quantitative estimate of drug-likeness (QED) is 0.811. The van der Waals surface area contributed by atoms with E-state index in [1.54, 1.807) is 7.11 Å². The van der Waals surface area contributed by atoms with Gasteiger partial charge in [0.05, 0.1) is 12.2 Å². The molecular formula is C13H22N2O2. The molecule has 0 spiro atoms. The van der Waals surface area contributed by atoms with Crippen LogP contribution in [0.3, 0.4) is 0 Å². The molecule has 1 aliphatic carbocycles. The van der Waals surface area contributed by atoms with E-state index in [2.05, 4.69) is 25.2 Å². The number of hydrogen-bond acceptors (Lipinski definition) is 3. The number of carbonyl (C=O) groups excluding carboxylic acids is 1. The summed E-state index contributed by atoms with van der Waals surface area (Å²) >= 11 is 0. The van der Waals surface area contributed by atoms with Gasteiger partial charge < -0.3 is 10.1 Å². The standard InChI is InChI=1S/C13H22N2O2/c1-8(2)9(7-14)12(16)15-10-6-11(17-5)13(10,3)4/h8-11H,6H2,1-5H3,(H,15,16). The highest BCUT2D eigenvalue weighted by Gasteiger charge is 2.49. The Kier molecular flexibility index (Phi) is 4.16. The van der Waals surface area contributed by atoms with E-state index in [9.17, 15) is 4.79 Å². The van der Waals surface area contributed by atoms with E-state index in [0.717, 1.165) is 6.42 Å². The third-order valence-electron chi connectivity index (χ3n) is 3.87. The van der Waals surface area contributed by atoms with Gasteiger partial charge in [0, 0.05) is 18.6 Å². The van der Waals surface area contributed by atoms with E-state index < -0.39 is 5.92 Å². The van der Waals surface area contributed by atoms with Gasteiger partial charge in [-0.15, -0.1) is 0 Å². The first-order valence-corrected chi connectivity index (χ1v) is 6.07. The minimum atomic E-state index is -0.563. The maximum atomic E-state index is 11.9. The van der Waals surface area contributed by atoms with E-state index in [1.165, 1.54) is 0 Å². The molecular weight excluding hydrogens is 216 g/mol. The molecule has 4 nitrogen and oxygen atoms in total. The molecule has 0 aromatic carbocycles. The van der Waals surface area contributed by atoms with Gasteiger partial charge in [0.25, 0.3) is 0 Å². The van der Waals surface area contributed by atoms with Gasteiger partial charge in [-0.3, -0.25) is 4.79 Å². The second-order valence-electron chi connectivity index (χ2n) is 5.69. The molecule has 0 saturated heterocycles. The van der Waals surface area contributed by atoms with E-state index >= 15 is 0 Å². The van der Waals surface area contributed by atoms with Crippen LogP contribution in [-0.4, -0.2) is 25.2 Å². The predicted molar refractivity (Wildman–Crippen MR) is 65.1 cm³/mol. The number of ether oxygens (including phenoxy) is 1. The molecule has 1 saturated carbocycles. The summed E-state index contributed by atoms with van der Waals surface area (Å²) in [5, 5.41) is 11.9. The summed E-state index contributed by atoms with van der Waals surface area (Å²) in [6.07, 6.45) is 1.01. The highest BCUT2D eigenvalue weighted by atomic mass is 16.5. The van der Waals surface area contributed by atoms with Crippen molar-refractivity contribution in [3.8, 4) is 6.07 Å². The number of nitriles is 1. The van der Waals surface area contributed by atoms with Crippen LogP contribution < -0.4 is 5.32 Å². The summed E-state index contributed by atoms with van der Waals surface area (Å²) in [6.45, 7) is 7.92. The second-order valence-corrected chi connectivity index (χ2v) is 5.69. The zero-order valence-corrected chi connectivity index (χ0v) is 11.3. The van der Waals surface area contributed by atoms with Gasteiger partial charge in [-0.2, -0.15) is 5.26 Å². The maximum absolute atomic E-state index is 11.9. The van der Waals surface area contributed by atoms with E-state index in [0.29, 0.717) is 0 Å². The van der Waals surface area contributed by atoms with E-state index in [1.807, 2.05) is 13.8 Å². The lowest BCUT2D eigenvalue weighted by Crippen LogP contribution is -2.62. The lowest BCUT2D eigenvalue weighted by Gasteiger charge is -2.51. The summed E-state index contributed by atoms with van der Waals surface area (Å²) < 4.78 is 5.33. The number of carbonyl (C=O) groups is 1. The van der Waals surface area contributed by atoms with Crippen LogP contribution in [0.2, 0.25) is 0 Å². The molecule has 1 fully saturated rings. The number of methoxy groups -OCH3 is 1. The molecule has 0 aromatic rings. The Morgan fingerprint density at radius 3 is 2.47 bits per heavy atom. The molecule has 1 amide bonds. The minimum absolute atomic E-state index is 0.0430. The SMILES string of the molecule is COC1CC(NC(=O)C(C#N)C(C)C)C1(C)C. The van der Waals surface area contributed by atoms with Crippen molar-refractivity contribution in [2.75, 3.05) is 7.11 Å². The van der Waals surface area contributed by atoms with E-state index in [-0.39, 0.29) is 29.4 Å². The van der Waals surface area contributed by atoms with Gasteiger partial charge in [-0.05, 0) is 12.3 Å². The van der Waals surface area contributed by atoms with E-state index in [4.69, 9.17) is 10.00 Å². The molecule has 1 rings (SSSR count). The Bertz CT molecular complexity index is 331. The summed E-state index contributed by atoms with van der Waals surface area (Å²) in [5.41, 5.74) is -0.0542. The van der Waals surface area contributed by atoms with Crippen molar-refractivity contribution in [3.05, 3.63) is 0 Å². The van der Waals surface area contributed by atoms with Gasteiger partial charge in [0.1, 0.15) is 5.92 Å². The fourth-order valence-electron chi connectivity index (χ4n) is 2.30. The van der Waals surface area contributed by atoms with Crippen LogP contribution in [-0.2, 0) is 9.53 Å². The van der Waals surface area contributed by atoms with Crippen LogP contribution in [0.5, 0.6) is 0 Å². The largest absolute Gasteiger partial charge is 0.381 e. The Balaban J connectivity index is 2.58. The van der Waals surface area contributed by atoms with Crippen molar-refractivity contribution < 1.29 is 9.53 Å². The van der Waals surface area contributed by atoms with Crippen molar-refractivity contribution in [2.24, 2.45) is 17.3 Å². The number of rotatable bonds is 4. The monoisotopic (exact) mass is 238 g/mol. The highest BCUT2D eigenvalue weighted by molar-refractivity contribution is 5.81. The maximum Gasteiger partial charge on any atom is 0.237 e. The first kappa shape index (κ1) is 14.0. The van der Waals surface area contributed by atoms with Crippen LogP contribution in [0, 0.1) is 28.6 Å². The molecule has 0 aliphatic heterocycles.